The molecule has 70 valence electrons. The molecule has 2 nitrogen and oxygen atoms in total. The third kappa shape index (κ3) is 2.01. The summed E-state index contributed by atoms with van der Waals surface area (Å²) in [5.74, 6) is 0.823. The Morgan fingerprint density at radius 3 is 2.75 bits per heavy atom. The third-order valence-corrected chi connectivity index (χ3v) is 2.42. The van der Waals surface area contributed by atoms with E-state index in [1.54, 1.807) is 0 Å². The van der Waals surface area contributed by atoms with Crippen molar-refractivity contribution in [3.63, 3.8) is 0 Å². The van der Waals surface area contributed by atoms with E-state index < -0.39 is 0 Å². The zero-order chi connectivity index (χ0) is 9.14. The number of allylic oxidation sites excluding steroid dienone is 1. The van der Waals surface area contributed by atoms with E-state index >= 15 is 0 Å². The highest BCUT2D eigenvalue weighted by Gasteiger charge is 2.23. The summed E-state index contributed by atoms with van der Waals surface area (Å²) in [5, 5.41) is 9.52. The van der Waals surface area contributed by atoms with Gasteiger partial charge in [0, 0.05) is 0 Å². The molecule has 0 bridgehead atoms. The molecule has 0 radical (unpaired) electrons. The van der Waals surface area contributed by atoms with Crippen LogP contribution >= 0.6 is 0 Å². The van der Waals surface area contributed by atoms with Crippen molar-refractivity contribution in [2.24, 2.45) is 0 Å². The fourth-order valence-corrected chi connectivity index (χ4v) is 1.37. The molecule has 1 rings (SSSR count). The SMILES string of the molecule is CCC(C)OC1=C(C)CCC1O. The first kappa shape index (κ1) is 9.59. The van der Waals surface area contributed by atoms with Gasteiger partial charge in [0.1, 0.15) is 11.9 Å². The van der Waals surface area contributed by atoms with Gasteiger partial charge in [-0.2, -0.15) is 0 Å². The van der Waals surface area contributed by atoms with Gasteiger partial charge in [-0.1, -0.05) is 6.92 Å². The largest absolute Gasteiger partial charge is 0.492 e. The molecular weight excluding hydrogens is 152 g/mol. The van der Waals surface area contributed by atoms with Gasteiger partial charge in [-0.3, -0.25) is 0 Å². The van der Waals surface area contributed by atoms with E-state index in [1.165, 1.54) is 5.57 Å². The lowest BCUT2D eigenvalue weighted by Crippen LogP contribution is -2.14. The zero-order valence-electron chi connectivity index (χ0n) is 8.13. The molecule has 0 aliphatic heterocycles. The minimum absolute atomic E-state index is 0.225. The molecule has 12 heavy (non-hydrogen) atoms. The van der Waals surface area contributed by atoms with Crippen LogP contribution in [0.4, 0.5) is 0 Å². The second-order valence-electron chi connectivity index (χ2n) is 3.54. The maximum Gasteiger partial charge on any atom is 0.124 e. The molecule has 0 aromatic heterocycles. The summed E-state index contributed by atoms with van der Waals surface area (Å²) in [6, 6.07) is 0. The van der Waals surface area contributed by atoms with E-state index in [0.717, 1.165) is 25.0 Å². The maximum absolute atomic E-state index is 9.52. The van der Waals surface area contributed by atoms with E-state index in [2.05, 4.69) is 6.92 Å². The fraction of sp³-hybridized carbons (Fsp3) is 0.800. The Balaban J connectivity index is 2.55. The van der Waals surface area contributed by atoms with E-state index in [-0.39, 0.29) is 12.2 Å². The summed E-state index contributed by atoms with van der Waals surface area (Å²) in [5.41, 5.74) is 1.21. The third-order valence-electron chi connectivity index (χ3n) is 2.42. The Labute approximate surface area is 74.2 Å². The fourth-order valence-electron chi connectivity index (χ4n) is 1.37. The molecule has 2 unspecified atom stereocenters. The normalized spacial score (nSPS) is 26.2. The van der Waals surface area contributed by atoms with Crippen LogP contribution < -0.4 is 0 Å². The Morgan fingerprint density at radius 1 is 1.67 bits per heavy atom. The molecule has 0 fully saturated rings. The average Bonchev–Trinajstić information content (AvgIpc) is 2.35. The van der Waals surface area contributed by atoms with Gasteiger partial charge >= 0.3 is 0 Å². The first-order valence-corrected chi connectivity index (χ1v) is 4.69. The predicted octanol–water partition coefficient (Wildman–Crippen LogP) is 2.23. The van der Waals surface area contributed by atoms with Gasteiger partial charge in [0.2, 0.25) is 0 Å². The molecule has 0 aromatic rings. The molecule has 2 atom stereocenters. The maximum atomic E-state index is 9.52. The predicted molar refractivity (Wildman–Crippen MR) is 48.8 cm³/mol. The molecule has 1 N–H and O–H groups in total. The van der Waals surface area contributed by atoms with Crippen molar-refractivity contribution in [3.8, 4) is 0 Å². The smallest absolute Gasteiger partial charge is 0.124 e. The van der Waals surface area contributed by atoms with Gasteiger partial charge in [0.05, 0.1) is 6.10 Å². The van der Waals surface area contributed by atoms with E-state index in [4.69, 9.17) is 4.74 Å². The van der Waals surface area contributed by atoms with Gasteiger partial charge in [-0.15, -0.1) is 0 Å². The lowest BCUT2D eigenvalue weighted by molar-refractivity contribution is 0.0641. The monoisotopic (exact) mass is 170 g/mol. The van der Waals surface area contributed by atoms with Crippen molar-refractivity contribution >= 4 is 0 Å². The standard InChI is InChI=1S/C10H18O2/c1-4-8(3)12-10-7(2)5-6-9(10)11/h8-9,11H,4-6H2,1-3H3. The van der Waals surface area contributed by atoms with E-state index in [1.807, 2.05) is 13.8 Å². The first-order chi connectivity index (χ1) is 5.65. The highest BCUT2D eigenvalue weighted by atomic mass is 16.5. The van der Waals surface area contributed by atoms with Crippen molar-refractivity contribution in [2.75, 3.05) is 0 Å². The quantitative estimate of drug-likeness (QED) is 0.703. The van der Waals surface area contributed by atoms with Gasteiger partial charge < -0.3 is 9.84 Å². The van der Waals surface area contributed by atoms with Crippen LogP contribution in [0.3, 0.4) is 0 Å². The lowest BCUT2D eigenvalue weighted by Gasteiger charge is -2.17. The van der Waals surface area contributed by atoms with E-state index in [9.17, 15) is 5.11 Å². The second kappa shape index (κ2) is 3.94. The number of aliphatic hydroxyl groups excluding tert-OH is 1. The lowest BCUT2D eigenvalue weighted by atomic mass is 10.2. The van der Waals surface area contributed by atoms with Crippen LogP contribution in [0.2, 0.25) is 0 Å². The summed E-state index contributed by atoms with van der Waals surface area (Å²) in [7, 11) is 0. The molecule has 2 heteroatoms. The Kier molecular flexibility index (Phi) is 3.15. The summed E-state index contributed by atoms with van der Waals surface area (Å²) < 4.78 is 5.61. The molecule has 0 amide bonds. The minimum Gasteiger partial charge on any atom is -0.492 e. The number of aliphatic hydroxyl groups is 1. The highest BCUT2D eigenvalue weighted by Crippen LogP contribution is 2.28. The molecule has 0 aromatic carbocycles. The van der Waals surface area contributed by atoms with Crippen LogP contribution in [-0.4, -0.2) is 17.3 Å². The number of ether oxygens (including phenoxy) is 1. The van der Waals surface area contributed by atoms with Gasteiger partial charge in [-0.25, -0.2) is 0 Å². The van der Waals surface area contributed by atoms with Crippen LogP contribution in [0.15, 0.2) is 11.3 Å². The van der Waals surface area contributed by atoms with Crippen molar-refractivity contribution in [1.82, 2.24) is 0 Å². The van der Waals surface area contributed by atoms with Crippen LogP contribution in [0.1, 0.15) is 40.0 Å². The van der Waals surface area contributed by atoms with Crippen LogP contribution in [0, 0.1) is 0 Å². The second-order valence-corrected chi connectivity index (χ2v) is 3.54. The molecular formula is C10H18O2. The summed E-state index contributed by atoms with van der Waals surface area (Å²) in [6.45, 7) is 6.15. The van der Waals surface area contributed by atoms with Gasteiger partial charge in [0.25, 0.3) is 0 Å². The minimum atomic E-state index is -0.348. The summed E-state index contributed by atoms with van der Waals surface area (Å²) in [6.07, 6.45) is 2.68. The van der Waals surface area contributed by atoms with Gasteiger partial charge in [-0.05, 0) is 38.7 Å². The van der Waals surface area contributed by atoms with Crippen molar-refractivity contribution in [3.05, 3.63) is 11.3 Å². The van der Waals surface area contributed by atoms with Gasteiger partial charge in [0.15, 0.2) is 0 Å². The molecule has 0 spiro atoms. The average molecular weight is 170 g/mol. The molecule has 1 aliphatic carbocycles. The first-order valence-electron chi connectivity index (χ1n) is 4.69. The van der Waals surface area contributed by atoms with Crippen LogP contribution in [0.5, 0.6) is 0 Å². The van der Waals surface area contributed by atoms with Crippen LogP contribution in [-0.2, 0) is 4.74 Å². The summed E-state index contributed by atoms with van der Waals surface area (Å²) in [4.78, 5) is 0. The Hall–Kier alpha value is -0.500. The topological polar surface area (TPSA) is 29.5 Å². The van der Waals surface area contributed by atoms with Crippen molar-refractivity contribution < 1.29 is 9.84 Å². The molecule has 0 saturated carbocycles. The summed E-state index contributed by atoms with van der Waals surface area (Å²) >= 11 is 0. The number of hydrogen-bond donors (Lipinski definition) is 1. The molecule has 0 saturated heterocycles. The molecule has 0 heterocycles. The van der Waals surface area contributed by atoms with Crippen LogP contribution in [0.25, 0.3) is 0 Å². The zero-order valence-corrected chi connectivity index (χ0v) is 8.13. The van der Waals surface area contributed by atoms with Crippen molar-refractivity contribution in [1.29, 1.82) is 0 Å². The number of rotatable bonds is 3. The Morgan fingerprint density at radius 2 is 2.33 bits per heavy atom. The Bertz CT molecular complexity index is 184. The van der Waals surface area contributed by atoms with Crippen molar-refractivity contribution in [2.45, 2.75) is 52.2 Å². The van der Waals surface area contributed by atoms with E-state index in [0.29, 0.717) is 0 Å². The number of hydrogen-bond acceptors (Lipinski definition) is 2. The highest BCUT2D eigenvalue weighted by molar-refractivity contribution is 5.16. The molecule has 1 aliphatic rings.